The molecule has 0 radical (unpaired) electrons. The fourth-order valence-corrected chi connectivity index (χ4v) is 4.96. The number of amides is 1. The van der Waals surface area contributed by atoms with Crippen LogP contribution in [0.1, 0.15) is 6.42 Å². The number of carbonyl (C=O) groups is 1. The molecule has 11 nitrogen and oxygen atoms in total. The second-order valence-corrected chi connectivity index (χ2v) is 9.28. The van der Waals surface area contributed by atoms with E-state index >= 15 is 0 Å². The topological polar surface area (TPSA) is 125 Å². The van der Waals surface area contributed by atoms with E-state index in [-0.39, 0.29) is 11.8 Å². The van der Waals surface area contributed by atoms with Gasteiger partial charge in [-0.25, -0.2) is 15.0 Å². The number of morpholine rings is 1. The molecule has 1 atom stereocenters. The molecule has 0 aliphatic carbocycles. The molecular formula is C26H30N9O2+. The van der Waals surface area contributed by atoms with Gasteiger partial charge in [0.1, 0.15) is 11.2 Å². The number of aromatic amines is 2. The Labute approximate surface area is 214 Å². The van der Waals surface area contributed by atoms with Gasteiger partial charge in [-0.2, -0.15) is 4.98 Å². The molecule has 5 heterocycles. The van der Waals surface area contributed by atoms with Crippen molar-refractivity contribution in [3.63, 3.8) is 0 Å². The van der Waals surface area contributed by atoms with E-state index in [9.17, 15) is 4.79 Å². The lowest BCUT2D eigenvalue weighted by Crippen LogP contribution is -2.36. The standard InChI is InChI=1S/C26H29N9O2/c1-27-25(36)18-8-9-35(15-18)21-7-2-17(14-28-21)22-23-24(30-16-29-23)33-26(32-22)31-19-3-5-20(6-4-19)34-10-12-37-13-11-34/h2-7,14,16,18H,8-13,15H2,1H3,(H,27,36)(H2,29,30,31,32,33)/p+1. The van der Waals surface area contributed by atoms with E-state index in [2.05, 4.69) is 52.5 Å². The fourth-order valence-electron chi connectivity index (χ4n) is 4.96. The Bertz CT molecular complexity index is 1380. The first-order valence-electron chi connectivity index (χ1n) is 12.6. The highest BCUT2D eigenvalue weighted by molar-refractivity contribution is 5.88. The molecule has 0 bridgehead atoms. The Kier molecular flexibility index (Phi) is 6.27. The van der Waals surface area contributed by atoms with Crippen molar-refractivity contribution in [3.05, 3.63) is 48.9 Å². The van der Waals surface area contributed by atoms with Gasteiger partial charge in [0.2, 0.25) is 11.9 Å². The highest BCUT2D eigenvalue weighted by Gasteiger charge is 2.33. The summed E-state index contributed by atoms with van der Waals surface area (Å²) in [6.45, 7) is 4.85. The number of nitrogens with zero attached hydrogens (tertiary/aromatic N) is 5. The van der Waals surface area contributed by atoms with Gasteiger partial charge in [-0.1, -0.05) is 0 Å². The van der Waals surface area contributed by atoms with E-state index in [1.165, 1.54) is 5.69 Å². The molecule has 1 amide bonds. The van der Waals surface area contributed by atoms with E-state index < -0.39 is 0 Å². The SMILES string of the molecule is CNC(=O)C1CCN(c2ccc(-c3nc(Nc4ccc(N5CCOCC5)cc4)nc4nc[nH]c34)c[nH+]2)C1. The molecule has 6 rings (SSSR count). The van der Waals surface area contributed by atoms with Gasteiger partial charge in [0.15, 0.2) is 5.65 Å². The number of rotatable bonds is 6. The van der Waals surface area contributed by atoms with E-state index in [0.717, 1.165) is 67.5 Å². The largest absolute Gasteiger partial charge is 0.378 e. The van der Waals surface area contributed by atoms with E-state index in [4.69, 9.17) is 9.72 Å². The number of aromatic nitrogens is 5. The van der Waals surface area contributed by atoms with Crippen LogP contribution in [-0.4, -0.2) is 72.3 Å². The van der Waals surface area contributed by atoms with Gasteiger partial charge in [0.25, 0.3) is 5.82 Å². The Hall–Kier alpha value is -4.25. The number of anilines is 4. The van der Waals surface area contributed by atoms with Crippen molar-refractivity contribution >= 4 is 40.2 Å². The predicted octanol–water partition coefficient (Wildman–Crippen LogP) is 1.99. The van der Waals surface area contributed by atoms with E-state index in [1.807, 2.05) is 30.5 Å². The first-order valence-corrected chi connectivity index (χ1v) is 12.6. The van der Waals surface area contributed by atoms with Crippen molar-refractivity contribution in [2.75, 3.05) is 61.6 Å². The third kappa shape index (κ3) is 4.77. The summed E-state index contributed by atoms with van der Waals surface area (Å²) in [6.07, 6.45) is 4.41. The van der Waals surface area contributed by atoms with Gasteiger partial charge in [0.05, 0.1) is 44.7 Å². The number of ether oxygens (including phenoxy) is 1. The van der Waals surface area contributed by atoms with Crippen LogP contribution in [0.4, 0.5) is 23.1 Å². The van der Waals surface area contributed by atoms with E-state index in [0.29, 0.717) is 18.1 Å². The number of H-pyrrole nitrogens is 2. The smallest absolute Gasteiger partial charge is 0.274 e. The Morgan fingerprint density at radius 1 is 1.08 bits per heavy atom. The summed E-state index contributed by atoms with van der Waals surface area (Å²) in [6, 6.07) is 12.3. The molecule has 11 heteroatoms. The van der Waals surface area contributed by atoms with Crippen LogP contribution in [0.3, 0.4) is 0 Å². The third-order valence-corrected chi connectivity index (χ3v) is 7.00. The summed E-state index contributed by atoms with van der Waals surface area (Å²) >= 11 is 0. The predicted molar refractivity (Wildman–Crippen MR) is 141 cm³/mol. The van der Waals surface area contributed by atoms with E-state index in [1.54, 1.807) is 13.4 Å². The fraction of sp³-hybridized carbons (Fsp3) is 0.346. The maximum Gasteiger partial charge on any atom is 0.274 e. The highest BCUT2D eigenvalue weighted by Crippen LogP contribution is 2.28. The molecule has 3 aromatic heterocycles. The van der Waals surface area contributed by atoms with Gasteiger partial charge < -0.3 is 25.3 Å². The van der Waals surface area contributed by atoms with Gasteiger partial charge in [-0.3, -0.25) is 9.69 Å². The molecule has 2 fully saturated rings. The number of pyridine rings is 1. The van der Waals surface area contributed by atoms with Crippen molar-refractivity contribution in [2.45, 2.75) is 6.42 Å². The maximum atomic E-state index is 12.0. The zero-order valence-corrected chi connectivity index (χ0v) is 20.7. The molecule has 4 aromatic rings. The van der Waals surface area contributed by atoms with Gasteiger partial charge in [0, 0.05) is 49.6 Å². The summed E-state index contributed by atoms with van der Waals surface area (Å²) < 4.78 is 5.45. The van der Waals surface area contributed by atoms with Crippen LogP contribution < -0.4 is 25.4 Å². The summed E-state index contributed by atoms with van der Waals surface area (Å²) in [5.41, 5.74) is 5.10. The molecule has 2 saturated heterocycles. The lowest BCUT2D eigenvalue weighted by atomic mass is 10.1. The first kappa shape index (κ1) is 23.2. The van der Waals surface area contributed by atoms with Crippen molar-refractivity contribution in [1.82, 2.24) is 25.3 Å². The first-order chi connectivity index (χ1) is 18.2. The summed E-state index contributed by atoms with van der Waals surface area (Å²) in [5, 5.41) is 6.08. The van der Waals surface area contributed by atoms with Crippen molar-refractivity contribution in [1.29, 1.82) is 0 Å². The van der Waals surface area contributed by atoms with Crippen molar-refractivity contribution in [2.24, 2.45) is 5.92 Å². The number of carbonyl (C=O) groups excluding carboxylic acids is 1. The van der Waals surface area contributed by atoms with Gasteiger partial charge in [-0.15, -0.1) is 0 Å². The van der Waals surface area contributed by atoms with Crippen LogP contribution in [0, 0.1) is 5.92 Å². The molecule has 1 aromatic carbocycles. The highest BCUT2D eigenvalue weighted by atomic mass is 16.5. The van der Waals surface area contributed by atoms with Gasteiger partial charge >= 0.3 is 0 Å². The van der Waals surface area contributed by atoms with Gasteiger partial charge in [-0.05, 0) is 30.3 Å². The van der Waals surface area contributed by atoms with Crippen LogP contribution in [-0.2, 0) is 9.53 Å². The average molecular weight is 501 g/mol. The number of nitrogens with one attached hydrogen (secondary N) is 4. The molecule has 0 saturated carbocycles. The number of benzene rings is 1. The minimum Gasteiger partial charge on any atom is -0.378 e. The minimum atomic E-state index is 0.0149. The Morgan fingerprint density at radius 2 is 1.92 bits per heavy atom. The second-order valence-electron chi connectivity index (χ2n) is 9.28. The number of imidazole rings is 1. The number of hydrogen-bond acceptors (Lipinski definition) is 8. The molecule has 1 unspecified atom stereocenters. The summed E-state index contributed by atoms with van der Waals surface area (Å²) in [7, 11) is 1.69. The maximum absolute atomic E-state index is 12.0. The number of hydrogen-bond donors (Lipinski definition) is 3. The molecule has 4 N–H and O–H groups in total. The molecule has 37 heavy (non-hydrogen) atoms. The lowest BCUT2D eigenvalue weighted by Gasteiger charge is -2.28. The molecule has 2 aliphatic heterocycles. The van der Waals surface area contributed by atoms with Crippen LogP contribution >= 0.6 is 0 Å². The molecule has 2 aliphatic rings. The van der Waals surface area contributed by atoms with Crippen molar-refractivity contribution in [3.8, 4) is 11.3 Å². The molecule has 190 valence electrons. The van der Waals surface area contributed by atoms with Crippen LogP contribution in [0.25, 0.3) is 22.4 Å². The minimum absolute atomic E-state index is 0.0149. The molecule has 0 spiro atoms. The zero-order chi connectivity index (χ0) is 25.2. The zero-order valence-electron chi connectivity index (χ0n) is 20.7. The summed E-state index contributed by atoms with van der Waals surface area (Å²) in [5.74, 6) is 1.56. The third-order valence-electron chi connectivity index (χ3n) is 7.00. The van der Waals surface area contributed by atoms with Crippen LogP contribution in [0.2, 0.25) is 0 Å². The number of fused-ring (bicyclic) bond motifs is 1. The second kappa shape index (κ2) is 10.0. The average Bonchev–Trinajstić information content (AvgIpc) is 3.64. The Morgan fingerprint density at radius 3 is 2.68 bits per heavy atom. The summed E-state index contributed by atoms with van der Waals surface area (Å²) in [4.78, 5) is 36.9. The Balaban J connectivity index is 1.22. The lowest BCUT2D eigenvalue weighted by molar-refractivity contribution is -0.363. The molecular weight excluding hydrogens is 470 g/mol. The normalized spacial score (nSPS) is 17.8. The quantitative estimate of drug-likeness (QED) is 0.367. The van der Waals surface area contributed by atoms with Crippen LogP contribution in [0.15, 0.2) is 48.9 Å². The monoisotopic (exact) mass is 500 g/mol. The van der Waals surface area contributed by atoms with Crippen LogP contribution in [0.5, 0.6) is 0 Å². The van der Waals surface area contributed by atoms with Crippen molar-refractivity contribution < 1.29 is 14.5 Å².